The SMILES string of the molecule is CCC(NN)c1cccc(F)c1Cl. The third-order valence-corrected chi connectivity index (χ3v) is 2.37. The fourth-order valence-electron chi connectivity index (χ4n) is 1.22. The Bertz CT molecular complexity index is 287. The summed E-state index contributed by atoms with van der Waals surface area (Å²) in [5.74, 6) is 4.89. The zero-order valence-corrected chi connectivity index (χ0v) is 8.11. The van der Waals surface area contributed by atoms with Crippen LogP contribution in [-0.2, 0) is 0 Å². The Balaban J connectivity index is 3.05. The molecule has 1 rings (SSSR count). The van der Waals surface area contributed by atoms with Crippen LogP contribution in [0, 0.1) is 5.82 Å². The van der Waals surface area contributed by atoms with Crippen LogP contribution in [0.3, 0.4) is 0 Å². The first kappa shape index (κ1) is 10.4. The van der Waals surface area contributed by atoms with E-state index in [1.165, 1.54) is 6.07 Å². The van der Waals surface area contributed by atoms with Gasteiger partial charge in [-0.2, -0.15) is 0 Å². The van der Waals surface area contributed by atoms with Crippen LogP contribution < -0.4 is 11.3 Å². The first-order chi connectivity index (χ1) is 6.20. The van der Waals surface area contributed by atoms with Crippen molar-refractivity contribution in [3.8, 4) is 0 Å². The molecule has 0 aliphatic carbocycles. The summed E-state index contributed by atoms with van der Waals surface area (Å²) in [6, 6.07) is 4.62. The van der Waals surface area contributed by atoms with Crippen LogP contribution in [-0.4, -0.2) is 0 Å². The van der Waals surface area contributed by atoms with Gasteiger partial charge in [0.15, 0.2) is 0 Å². The van der Waals surface area contributed by atoms with E-state index in [0.717, 1.165) is 6.42 Å². The molecular weight excluding hydrogens is 191 g/mol. The Morgan fingerprint density at radius 3 is 2.85 bits per heavy atom. The van der Waals surface area contributed by atoms with E-state index >= 15 is 0 Å². The molecule has 0 bridgehead atoms. The molecule has 0 saturated carbocycles. The highest BCUT2D eigenvalue weighted by Crippen LogP contribution is 2.26. The highest BCUT2D eigenvalue weighted by molar-refractivity contribution is 6.31. The molecule has 4 heteroatoms. The molecule has 0 aliphatic heterocycles. The minimum absolute atomic E-state index is 0.0943. The molecule has 72 valence electrons. The second-order valence-corrected chi connectivity index (χ2v) is 3.15. The van der Waals surface area contributed by atoms with E-state index in [4.69, 9.17) is 17.4 Å². The summed E-state index contributed by atoms with van der Waals surface area (Å²) in [6.07, 6.45) is 0.764. The number of hydrogen-bond acceptors (Lipinski definition) is 2. The second-order valence-electron chi connectivity index (χ2n) is 2.77. The molecule has 0 heterocycles. The van der Waals surface area contributed by atoms with E-state index in [-0.39, 0.29) is 11.1 Å². The molecule has 0 amide bonds. The Labute approximate surface area is 81.9 Å². The lowest BCUT2D eigenvalue weighted by atomic mass is 10.1. The van der Waals surface area contributed by atoms with Gasteiger partial charge < -0.3 is 0 Å². The summed E-state index contributed by atoms with van der Waals surface area (Å²) in [6.45, 7) is 1.95. The Kier molecular flexibility index (Phi) is 3.66. The average Bonchev–Trinajstić information content (AvgIpc) is 2.14. The zero-order chi connectivity index (χ0) is 9.84. The van der Waals surface area contributed by atoms with Gasteiger partial charge in [-0.25, -0.2) is 4.39 Å². The van der Waals surface area contributed by atoms with Gasteiger partial charge >= 0.3 is 0 Å². The summed E-state index contributed by atoms with van der Waals surface area (Å²) in [7, 11) is 0. The molecule has 0 fully saturated rings. The van der Waals surface area contributed by atoms with Crippen molar-refractivity contribution in [1.29, 1.82) is 0 Å². The quantitative estimate of drug-likeness (QED) is 0.584. The van der Waals surface area contributed by atoms with Gasteiger partial charge in [0.05, 0.1) is 5.02 Å². The van der Waals surface area contributed by atoms with E-state index in [9.17, 15) is 4.39 Å². The van der Waals surface area contributed by atoms with Crippen molar-refractivity contribution >= 4 is 11.6 Å². The van der Waals surface area contributed by atoms with Crippen LogP contribution in [0.4, 0.5) is 4.39 Å². The molecule has 1 aromatic carbocycles. The number of hydrogen-bond donors (Lipinski definition) is 2. The molecule has 1 unspecified atom stereocenters. The topological polar surface area (TPSA) is 38.0 Å². The zero-order valence-electron chi connectivity index (χ0n) is 7.35. The first-order valence-corrected chi connectivity index (χ1v) is 4.48. The van der Waals surface area contributed by atoms with Crippen LogP contribution in [0.2, 0.25) is 5.02 Å². The van der Waals surface area contributed by atoms with Crippen molar-refractivity contribution in [3.05, 3.63) is 34.6 Å². The van der Waals surface area contributed by atoms with Gasteiger partial charge in [0.2, 0.25) is 0 Å². The summed E-state index contributed by atoms with van der Waals surface area (Å²) >= 11 is 5.77. The molecule has 1 aromatic rings. The van der Waals surface area contributed by atoms with Gasteiger partial charge in [0.1, 0.15) is 5.82 Å². The van der Waals surface area contributed by atoms with Crippen molar-refractivity contribution in [2.24, 2.45) is 5.84 Å². The van der Waals surface area contributed by atoms with Crippen LogP contribution in [0.25, 0.3) is 0 Å². The van der Waals surface area contributed by atoms with Gasteiger partial charge in [-0.1, -0.05) is 30.7 Å². The van der Waals surface area contributed by atoms with Gasteiger partial charge in [-0.15, -0.1) is 0 Å². The fraction of sp³-hybridized carbons (Fsp3) is 0.333. The molecule has 0 saturated heterocycles. The predicted octanol–water partition coefficient (Wildman–Crippen LogP) is 2.39. The summed E-state index contributed by atoms with van der Waals surface area (Å²) in [4.78, 5) is 0. The highest BCUT2D eigenvalue weighted by Gasteiger charge is 2.13. The smallest absolute Gasteiger partial charge is 0.142 e. The number of benzene rings is 1. The van der Waals surface area contributed by atoms with Crippen LogP contribution in [0.1, 0.15) is 24.9 Å². The van der Waals surface area contributed by atoms with Crippen LogP contribution >= 0.6 is 11.6 Å². The van der Waals surface area contributed by atoms with E-state index in [1.807, 2.05) is 6.92 Å². The van der Waals surface area contributed by atoms with Crippen molar-refractivity contribution in [2.45, 2.75) is 19.4 Å². The molecule has 3 N–H and O–H groups in total. The number of halogens is 2. The van der Waals surface area contributed by atoms with Crippen LogP contribution in [0.5, 0.6) is 0 Å². The Morgan fingerprint density at radius 1 is 1.62 bits per heavy atom. The van der Waals surface area contributed by atoms with E-state index < -0.39 is 5.82 Å². The lowest BCUT2D eigenvalue weighted by Gasteiger charge is -2.15. The molecule has 0 aliphatic rings. The molecule has 2 nitrogen and oxygen atoms in total. The molecule has 13 heavy (non-hydrogen) atoms. The normalized spacial score (nSPS) is 12.9. The average molecular weight is 203 g/mol. The lowest BCUT2D eigenvalue weighted by Crippen LogP contribution is -2.27. The maximum Gasteiger partial charge on any atom is 0.142 e. The summed E-state index contributed by atoms with van der Waals surface area (Å²) < 4.78 is 13.0. The van der Waals surface area contributed by atoms with Crippen molar-refractivity contribution in [3.63, 3.8) is 0 Å². The number of hydrazine groups is 1. The molecule has 1 atom stereocenters. The lowest BCUT2D eigenvalue weighted by molar-refractivity contribution is 0.533. The third kappa shape index (κ3) is 2.18. The molecule has 0 radical (unpaired) electrons. The van der Waals surface area contributed by atoms with Crippen molar-refractivity contribution < 1.29 is 4.39 Å². The van der Waals surface area contributed by atoms with Gasteiger partial charge in [-0.3, -0.25) is 11.3 Å². The number of nitrogens with one attached hydrogen (secondary N) is 1. The molecular formula is C9H12ClFN2. The van der Waals surface area contributed by atoms with E-state index in [0.29, 0.717) is 5.56 Å². The van der Waals surface area contributed by atoms with Gasteiger partial charge in [0.25, 0.3) is 0 Å². The number of rotatable bonds is 3. The fourth-order valence-corrected chi connectivity index (χ4v) is 1.47. The minimum Gasteiger partial charge on any atom is -0.271 e. The Morgan fingerprint density at radius 2 is 2.31 bits per heavy atom. The first-order valence-electron chi connectivity index (χ1n) is 4.10. The maximum absolute atomic E-state index is 13.0. The number of nitrogens with two attached hydrogens (primary N) is 1. The van der Waals surface area contributed by atoms with E-state index in [1.54, 1.807) is 12.1 Å². The van der Waals surface area contributed by atoms with Crippen molar-refractivity contribution in [2.75, 3.05) is 0 Å². The monoisotopic (exact) mass is 202 g/mol. The predicted molar refractivity (Wildman–Crippen MR) is 51.8 cm³/mol. The summed E-state index contributed by atoms with van der Waals surface area (Å²) in [5, 5.41) is 0.146. The largest absolute Gasteiger partial charge is 0.271 e. The molecule has 0 aromatic heterocycles. The van der Waals surface area contributed by atoms with E-state index in [2.05, 4.69) is 5.43 Å². The third-order valence-electron chi connectivity index (χ3n) is 1.97. The second kappa shape index (κ2) is 4.56. The Hall–Kier alpha value is -0.640. The maximum atomic E-state index is 13.0. The minimum atomic E-state index is -0.409. The standard InChI is InChI=1S/C9H12ClFN2/c1-2-8(13-12)6-4-3-5-7(11)9(6)10/h3-5,8,13H,2,12H2,1H3. The van der Waals surface area contributed by atoms with Crippen molar-refractivity contribution in [1.82, 2.24) is 5.43 Å². The summed E-state index contributed by atoms with van der Waals surface area (Å²) in [5.41, 5.74) is 3.29. The molecule has 0 spiro atoms. The van der Waals surface area contributed by atoms with Gasteiger partial charge in [-0.05, 0) is 18.1 Å². The van der Waals surface area contributed by atoms with Crippen LogP contribution in [0.15, 0.2) is 18.2 Å². The highest BCUT2D eigenvalue weighted by atomic mass is 35.5. The van der Waals surface area contributed by atoms with Gasteiger partial charge in [0, 0.05) is 6.04 Å².